The van der Waals surface area contributed by atoms with E-state index >= 15 is 0 Å². The molecule has 3 atom stereocenters. The second kappa shape index (κ2) is 10.2. The fourth-order valence-corrected chi connectivity index (χ4v) is 2.85. The molecule has 0 unspecified atom stereocenters. The van der Waals surface area contributed by atoms with E-state index in [1.807, 2.05) is 0 Å². The topological polar surface area (TPSA) is 69.7 Å². The van der Waals surface area contributed by atoms with E-state index in [2.05, 4.69) is 6.58 Å². The molecule has 0 aliphatic carbocycles. The Balaban J connectivity index is 2.16. The Morgan fingerprint density at radius 3 is 1.82 bits per heavy atom. The summed E-state index contributed by atoms with van der Waals surface area (Å²) in [7, 11) is 0. The average Bonchev–Trinajstić information content (AvgIpc) is 2.72. The SMILES string of the molecule is C=C(C)[C@H](OC(=O)c1ccccc1)[C@@H](C)[C@H](CC=O)OC(=O)c1ccccc1. The van der Waals surface area contributed by atoms with Gasteiger partial charge in [-0.2, -0.15) is 0 Å². The molecule has 0 spiro atoms. The summed E-state index contributed by atoms with van der Waals surface area (Å²) in [4.78, 5) is 36.0. The number of carbonyl (C=O) groups is 3. The van der Waals surface area contributed by atoms with Crippen LogP contribution in [0.15, 0.2) is 72.8 Å². The second-order valence-corrected chi connectivity index (χ2v) is 6.61. The van der Waals surface area contributed by atoms with Crippen LogP contribution in [0.1, 0.15) is 41.0 Å². The van der Waals surface area contributed by atoms with Crippen LogP contribution in [-0.4, -0.2) is 30.4 Å². The number of hydrogen-bond acceptors (Lipinski definition) is 5. The van der Waals surface area contributed by atoms with Crippen molar-refractivity contribution < 1.29 is 23.9 Å². The average molecular weight is 380 g/mol. The fourth-order valence-electron chi connectivity index (χ4n) is 2.85. The number of ether oxygens (including phenoxy) is 2. The zero-order valence-corrected chi connectivity index (χ0v) is 16.0. The molecule has 0 aliphatic rings. The van der Waals surface area contributed by atoms with Crippen LogP contribution in [0.3, 0.4) is 0 Å². The van der Waals surface area contributed by atoms with Crippen LogP contribution in [0.25, 0.3) is 0 Å². The summed E-state index contributed by atoms with van der Waals surface area (Å²) in [6.45, 7) is 7.40. The van der Waals surface area contributed by atoms with Crippen LogP contribution in [0.2, 0.25) is 0 Å². The third kappa shape index (κ3) is 5.64. The van der Waals surface area contributed by atoms with Crippen molar-refractivity contribution in [3.63, 3.8) is 0 Å². The van der Waals surface area contributed by atoms with E-state index in [0.29, 0.717) is 23.0 Å². The summed E-state index contributed by atoms with van der Waals surface area (Å²) >= 11 is 0. The molecule has 28 heavy (non-hydrogen) atoms. The molecule has 5 heteroatoms. The van der Waals surface area contributed by atoms with Crippen molar-refractivity contribution in [3.8, 4) is 0 Å². The molecule has 0 N–H and O–H groups in total. The molecule has 2 rings (SSSR count). The first-order chi connectivity index (χ1) is 13.4. The van der Waals surface area contributed by atoms with E-state index < -0.39 is 30.1 Å². The molecule has 0 heterocycles. The molecule has 0 bridgehead atoms. The lowest BCUT2D eigenvalue weighted by molar-refractivity contribution is -0.110. The van der Waals surface area contributed by atoms with Gasteiger partial charge in [-0.1, -0.05) is 49.9 Å². The summed E-state index contributed by atoms with van der Waals surface area (Å²) < 4.78 is 11.2. The molecule has 0 aromatic heterocycles. The van der Waals surface area contributed by atoms with Crippen LogP contribution in [0.4, 0.5) is 0 Å². The summed E-state index contributed by atoms with van der Waals surface area (Å²) in [5.41, 5.74) is 1.40. The predicted octanol–water partition coefficient (Wildman–Crippen LogP) is 4.24. The highest BCUT2D eigenvalue weighted by Gasteiger charge is 2.32. The van der Waals surface area contributed by atoms with Gasteiger partial charge in [-0.3, -0.25) is 0 Å². The minimum Gasteiger partial charge on any atom is -0.458 e. The quantitative estimate of drug-likeness (QED) is 0.370. The zero-order valence-electron chi connectivity index (χ0n) is 16.0. The molecule has 0 aliphatic heterocycles. The number of carbonyl (C=O) groups excluding carboxylic acids is 3. The smallest absolute Gasteiger partial charge is 0.338 e. The maximum atomic E-state index is 12.4. The lowest BCUT2D eigenvalue weighted by Gasteiger charge is -2.30. The van der Waals surface area contributed by atoms with E-state index in [1.165, 1.54) is 0 Å². The van der Waals surface area contributed by atoms with E-state index in [9.17, 15) is 14.4 Å². The molecular weight excluding hydrogens is 356 g/mol. The van der Waals surface area contributed by atoms with Gasteiger partial charge in [0, 0.05) is 12.3 Å². The third-order valence-corrected chi connectivity index (χ3v) is 4.39. The molecular formula is C23H24O5. The number of rotatable bonds is 9. The molecule has 2 aromatic carbocycles. The van der Waals surface area contributed by atoms with Gasteiger partial charge in [0.15, 0.2) is 0 Å². The van der Waals surface area contributed by atoms with E-state index in [1.54, 1.807) is 74.5 Å². The molecule has 0 fully saturated rings. The number of aldehydes is 1. The van der Waals surface area contributed by atoms with Gasteiger partial charge in [0.1, 0.15) is 18.5 Å². The summed E-state index contributed by atoms with van der Waals surface area (Å²) in [6, 6.07) is 17.1. The lowest BCUT2D eigenvalue weighted by Crippen LogP contribution is -2.37. The molecule has 0 saturated carbocycles. The summed E-state index contributed by atoms with van der Waals surface area (Å²) in [5, 5.41) is 0. The van der Waals surface area contributed by atoms with Gasteiger partial charge >= 0.3 is 11.9 Å². The molecule has 0 radical (unpaired) electrons. The van der Waals surface area contributed by atoms with Crippen molar-refractivity contribution >= 4 is 18.2 Å². The summed E-state index contributed by atoms with van der Waals surface area (Å²) in [6.07, 6.45) is -0.780. The highest BCUT2D eigenvalue weighted by Crippen LogP contribution is 2.24. The van der Waals surface area contributed by atoms with Crippen LogP contribution in [0.5, 0.6) is 0 Å². The van der Waals surface area contributed by atoms with Crippen LogP contribution < -0.4 is 0 Å². The van der Waals surface area contributed by atoms with Crippen molar-refractivity contribution in [2.45, 2.75) is 32.5 Å². The monoisotopic (exact) mass is 380 g/mol. The number of benzene rings is 2. The minimum absolute atomic E-state index is 0.00753. The summed E-state index contributed by atoms with van der Waals surface area (Å²) in [5.74, 6) is -1.49. The molecule has 2 aromatic rings. The Morgan fingerprint density at radius 2 is 1.39 bits per heavy atom. The highest BCUT2D eigenvalue weighted by molar-refractivity contribution is 5.90. The van der Waals surface area contributed by atoms with Crippen molar-refractivity contribution in [3.05, 3.63) is 83.9 Å². The van der Waals surface area contributed by atoms with Gasteiger partial charge in [0.2, 0.25) is 0 Å². The first kappa shape index (κ1) is 21.1. The first-order valence-electron chi connectivity index (χ1n) is 9.05. The second-order valence-electron chi connectivity index (χ2n) is 6.61. The largest absolute Gasteiger partial charge is 0.458 e. The van der Waals surface area contributed by atoms with Gasteiger partial charge in [-0.25, -0.2) is 9.59 Å². The first-order valence-corrected chi connectivity index (χ1v) is 9.05. The van der Waals surface area contributed by atoms with Gasteiger partial charge in [-0.15, -0.1) is 0 Å². The number of hydrogen-bond donors (Lipinski definition) is 0. The van der Waals surface area contributed by atoms with Crippen molar-refractivity contribution in [2.24, 2.45) is 5.92 Å². The van der Waals surface area contributed by atoms with Crippen molar-refractivity contribution in [1.29, 1.82) is 0 Å². The predicted molar refractivity (Wildman–Crippen MR) is 106 cm³/mol. The van der Waals surface area contributed by atoms with Crippen molar-refractivity contribution in [1.82, 2.24) is 0 Å². The molecule has 5 nitrogen and oxygen atoms in total. The standard InChI is InChI=1S/C23H24O5/c1-16(2)21(28-23(26)19-12-8-5-9-13-19)17(3)20(14-15-24)27-22(25)18-10-6-4-7-11-18/h4-13,15,17,20-21H,1,14H2,2-3H3/t17-,20-,21-/m0/s1. The van der Waals surface area contributed by atoms with Crippen LogP contribution in [0, 0.1) is 5.92 Å². The molecule has 0 amide bonds. The van der Waals surface area contributed by atoms with Crippen molar-refractivity contribution in [2.75, 3.05) is 0 Å². The maximum Gasteiger partial charge on any atom is 0.338 e. The third-order valence-electron chi connectivity index (χ3n) is 4.39. The zero-order chi connectivity index (χ0) is 20.5. The van der Waals surface area contributed by atoms with Gasteiger partial charge in [0.25, 0.3) is 0 Å². The normalized spacial score (nSPS) is 13.6. The fraction of sp³-hybridized carbons (Fsp3) is 0.261. The van der Waals surface area contributed by atoms with Crippen LogP contribution in [-0.2, 0) is 14.3 Å². The Bertz CT molecular complexity index is 813. The Labute approximate surface area is 165 Å². The molecule has 146 valence electrons. The maximum absolute atomic E-state index is 12.4. The van der Waals surface area contributed by atoms with Crippen LogP contribution >= 0.6 is 0 Å². The van der Waals surface area contributed by atoms with Gasteiger partial charge < -0.3 is 14.3 Å². The Kier molecular flexibility index (Phi) is 7.69. The highest BCUT2D eigenvalue weighted by atomic mass is 16.6. The van der Waals surface area contributed by atoms with E-state index in [-0.39, 0.29) is 6.42 Å². The lowest BCUT2D eigenvalue weighted by atomic mass is 9.91. The Morgan fingerprint density at radius 1 is 0.929 bits per heavy atom. The van der Waals surface area contributed by atoms with Gasteiger partial charge in [-0.05, 0) is 36.8 Å². The minimum atomic E-state index is -0.754. The number of esters is 2. The Hall–Kier alpha value is -3.21. The van der Waals surface area contributed by atoms with E-state index in [4.69, 9.17) is 9.47 Å². The van der Waals surface area contributed by atoms with E-state index in [0.717, 1.165) is 0 Å². The molecule has 0 saturated heterocycles. The van der Waals surface area contributed by atoms with Gasteiger partial charge in [0.05, 0.1) is 11.1 Å².